The number of rotatable bonds is 36. The molecule has 0 heteroatoms. The molecule has 0 saturated carbocycles. The number of hydrogen-bond donors (Lipinski definition) is 0. The lowest BCUT2D eigenvalue weighted by Gasteiger charge is -2.05. The van der Waals surface area contributed by atoms with Gasteiger partial charge in [0.1, 0.15) is 0 Å². The summed E-state index contributed by atoms with van der Waals surface area (Å²) in [5.41, 5.74) is 0. The predicted octanol–water partition coefficient (Wildman–Crippen LogP) is 15.3. The fourth-order valence-electron chi connectivity index (χ4n) is 6.17. The van der Waals surface area contributed by atoms with Crippen LogP contribution in [0.3, 0.4) is 0 Å². The summed E-state index contributed by atoms with van der Waals surface area (Å²) >= 11 is 0. The van der Waals surface area contributed by atoms with Crippen LogP contribution in [0, 0.1) is 6.42 Å². The Morgan fingerprint density at radius 2 is 0.359 bits per heavy atom. The van der Waals surface area contributed by atoms with E-state index in [9.17, 15) is 0 Å². The van der Waals surface area contributed by atoms with E-state index in [-0.39, 0.29) is 0 Å². The molecule has 0 aromatic rings. The highest BCUT2D eigenvalue weighted by Gasteiger charge is 1.97. The minimum Gasteiger partial charge on any atom is -0.0654 e. The Morgan fingerprint density at radius 3 is 0.538 bits per heavy atom. The summed E-state index contributed by atoms with van der Waals surface area (Å²) in [4.78, 5) is 0. The molecule has 0 rings (SSSR count). The monoisotopic (exact) mass is 548 g/mol. The van der Waals surface area contributed by atoms with Crippen LogP contribution in [0.1, 0.15) is 245 Å². The first-order chi connectivity index (χ1) is 19.4. The molecule has 0 fully saturated rings. The van der Waals surface area contributed by atoms with Gasteiger partial charge in [0.15, 0.2) is 0 Å². The molecule has 0 spiro atoms. The van der Waals surface area contributed by atoms with Crippen molar-refractivity contribution in [3.63, 3.8) is 0 Å². The standard InChI is InChI=1S/C39H79/c1-3-5-7-9-11-13-15-17-19-21-23-25-27-29-31-33-35-37-39-38-36-34-32-30-28-26-24-22-20-18-16-14-12-10-8-6-4-2/h37H,3-36,38-39H2,1-2H3. The topological polar surface area (TPSA) is 0 Å². The van der Waals surface area contributed by atoms with Crippen molar-refractivity contribution in [2.24, 2.45) is 0 Å². The van der Waals surface area contributed by atoms with Crippen molar-refractivity contribution in [2.45, 2.75) is 245 Å². The lowest BCUT2D eigenvalue weighted by atomic mass is 10.0. The van der Waals surface area contributed by atoms with Crippen molar-refractivity contribution in [2.75, 3.05) is 0 Å². The molecule has 0 nitrogen and oxygen atoms in total. The third-order valence-corrected chi connectivity index (χ3v) is 9.02. The molecule has 0 N–H and O–H groups in total. The van der Waals surface area contributed by atoms with Crippen LogP contribution in [0.5, 0.6) is 0 Å². The van der Waals surface area contributed by atoms with Crippen LogP contribution in [0.2, 0.25) is 0 Å². The fourth-order valence-corrected chi connectivity index (χ4v) is 6.17. The third-order valence-electron chi connectivity index (χ3n) is 9.02. The molecule has 0 bridgehead atoms. The fraction of sp³-hybridized carbons (Fsp3) is 0.974. The van der Waals surface area contributed by atoms with Crippen molar-refractivity contribution in [3.8, 4) is 0 Å². The quantitative estimate of drug-likeness (QED) is 0.0684. The molecule has 0 aliphatic carbocycles. The van der Waals surface area contributed by atoms with Crippen LogP contribution in [0.25, 0.3) is 0 Å². The van der Waals surface area contributed by atoms with Crippen LogP contribution < -0.4 is 0 Å². The van der Waals surface area contributed by atoms with E-state index in [1.807, 2.05) is 0 Å². The van der Waals surface area contributed by atoms with Gasteiger partial charge in [0, 0.05) is 0 Å². The van der Waals surface area contributed by atoms with E-state index in [4.69, 9.17) is 0 Å². The molecule has 1 radical (unpaired) electrons. The smallest absolute Gasteiger partial charge is 0.0386 e. The Morgan fingerprint density at radius 1 is 0.205 bits per heavy atom. The summed E-state index contributed by atoms with van der Waals surface area (Å²) in [6.45, 7) is 4.62. The zero-order valence-electron chi connectivity index (χ0n) is 28.0. The van der Waals surface area contributed by atoms with Gasteiger partial charge < -0.3 is 0 Å². The largest absolute Gasteiger partial charge is 0.0654 e. The maximum absolute atomic E-state index is 2.59. The highest BCUT2D eigenvalue weighted by atomic mass is 14.0. The van der Waals surface area contributed by atoms with E-state index in [1.165, 1.54) is 231 Å². The Balaban J connectivity index is 3.01. The summed E-state index contributed by atoms with van der Waals surface area (Å²) in [6.07, 6.45) is 55.4. The van der Waals surface area contributed by atoms with E-state index in [0.29, 0.717) is 0 Å². The molecule has 235 valence electrons. The molecule has 0 aromatic carbocycles. The minimum absolute atomic E-state index is 1.37. The second kappa shape index (κ2) is 38.0. The van der Waals surface area contributed by atoms with Crippen LogP contribution in [-0.2, 0) is 0 Å². The Bertz CT molecular complexity index is 349. The van der Waals surface area contributed by atoms with Crippen LogP contribution in [0.15, 0.2) is 0 Å². The van der Waals surface area contributed by atoms with Gasteiger partial charge in [-0.15, -0.1) is 0 Å². The summed E-state index contributed by atoms with van der Waals surface area (Å²) < 4.78 is 0. The summed E-state index contributed by atoms with van der Waals surface area (Å²) in [5, 5.41) is 0. The molecule has 0 saturated heterocycles. The van der Waals surface area contributed by atoms with Gasteiger partial charge in [-0.2, -0.15) is 0 Å². The maximum Gasteiger partial charge on any atom is -0.0386 e. The summed E-state index contributed by atoms with van der Waals surface area (Å²) in [5.74, 6) is 0. The van der Waals surface area contributed by atoms with Gasteiger partial charge in [-0.05, 0) is 6.42 Å². The van der Waals surface area contributed by atoms with Crippen LogP contribution in [-0.4, -0.2) is 0 Å². The molecule has 0 unspecified atom stereocenters. The molecular formula is C39H79. The van der Waals surface area contributed by atoms with Crippen molar-refractivity contribution in [1.82, 2.24) is 0 Å². The maximum atomic E-state index is 2.59. The first kappa shape index (κ1) is 39.0. The van der Waals surface area contributed by atoms with Gasteiger partial charge in [-0.3, -0.25) is 0 Å². The molecule has 0 heterocycles. The average molecular weight is 548 g/mol. The van der Waals surface area contributed by atoms with E-state index < -0.39 is 0 Å². The summed E-state index contributed by atoms with van der Waals surface area (Å²) in [6, 6.07) is 0. The van der Waals surface area contributed by atoms with Crippen LogP contribution >= 0.6 is 0 Å². The van der Waals surface area contributed by atoms with Gasteiger partial charge in [0.2, 0.25) is 0 Å². The Kier molecular flexibility index (Phi) is 38.0. The number of hydrogen-bond acceptors (Lipinski definition) is 0. The highest BCUT2D eigenvalue weighted by Crippen LogP contribution is 2.17. The molecular weight excluding hydrogens is 468 g/mol. The predicted molar refractivity (Wildman–Crippen MR) is 182 cm³/mol. The first-order valence-electron chi connectivity index (χ1n) is 19.2. The van der Waals surface area contributed by atoms with Crippen molar-refractivity contribution in [1.29, 1.82) is 0 Å². The third kappa shape index (κ3) is 38.0. The van der Waals surface area contributed by atoms with Gasteiger partial charge in [-0.25, -0.2) is 0 Å². The molecule has 0 aliphatic rings. The van der Waals surface area contributed by atoms with Gasteiger partial charge in [0.05, 0.1) is 0 Å². The second-order valence-electron chi connectivity index (χ2n) is 13.2. The lowest BCUT2D eigenvalue weighted by Crippen LogP contribution is -1.85. The van der Waals surface area contributed by atoms with E-state index in [2.05, 4.69) is 20.3 Å². The van der Waals surface area contributed by atoms with Crippen LogP contribution in [0.4, 0.5) is 0 Å². The zero-order valence-corrected chi connectivity index (χ0v) is 28.0. The first-order valence-corrected chi connectivity index (χ1v) is 19.2. The van der Waals surface area contributed by atoms with Crippen molar-refractivity contribution < 1.29 is 0 Å². The lowest BCUT2D eigenvalue weighted by molar-refractivity contribution is 0.523. The minimum atomic E-state index is 1.37. The Hall–Kier alpha value is 0. The molecule has 0 amide bonds. The van der Waals surface area contributed by atoms with E-state index >= 15 is 0 Å². The summed E-state index contributed by atoms with van der Waals surface area (Å²) in [7, 11) is 0. The van der Waals surface area contributed by atoms with Gasteiger partial charge in [-0.1, -0.05) is 245 Å². The number of unbranched alkanes of at least 4 members (excludes halogenated alkanes) is 36. The van der Waals surface area contributed by atoms with Crippen molar-refractivity contribution >= 4 is 0 Å². The SMILES string of the molecule is CCCCCCCCCCCCCCCCCC[CH]CCCCCCCCCCCCCCCCCCCC. The normalized spacial score (nSPS) is 11.5. The molecule has 0 aliphatic heterocycles. The van der Waals surface area contributed by atoms with E-state index in [0.717, 1.165) is 0 Å². The Labute approximate surface area is 251 Å². The van der Waals surface area contributed by atoms with Crippen molar-refractivity contribution in [3.05, 3.63) is 6.42 Å². The highest BCUT2D eigenvalue weighted by molar-refractivity contribution is 4.65. The van der Waals surface area contributed by atoms with Gasteiger partial charge in [0.25, 0.3) is 0 Å². The average Bonchev–Trinajstić information content (AvgIpc) is 2.95. The zero-order chi connectivity index (χ0) is 28.2. The molecule has 39 heavy (non-hydrogen) atoms. The second-order valence-corrected chi connectivity index (χ2v) is 13.2. The molecule has 0 atom stereocenters. The molecule has 0 aromatic heterocycles. The van der Waals surface area contributed by atoms with Gasteiger partial charge >= 0.3 is 0 Å². The van der Waals surface area contributed by atoms with E-state index in [1.54, 1.807) is 0 Å².